The molecule has 2 aromatic carbocycles. The van der Waals surface area contributed by atoms with Gasteiger partial charge in [0.1, 0.15) is 0 Å². The topological polar surface area (TPSA) is 35.5 Å². The van der Waals surface area contributed by atoms with Crippen LogP contribution in [0.2, 0.25) is 5.04 Å². The van der Waals surface area contributed by atoms with E-state index in [1.165, 1.54) is 17.5 Å². The SMILES string of the molecule is C=C/C=C/C(CCCC(=O)OC)O[Si](c1ccccc1)(c1ccccc1)C(C)(C)C. The monoisotopic (exact) mass is 422 g/mol. The predicted octanol–water partition coefficient (Wildman–Crippen LogP) is 5.02. The minimum Gasteiger partial charge on any atom is -0.469 e. The zero-order chi connectivity index (χ0) is 22.0. The number of rotatable bonds is 10. The van der Waals surface area contributed by atoms with Gasteiger partial charge in [-0.2, -0.15) is 0 Å². The van der Waals surface area contributed by atoms with Crippen LogP contribution in [-0.4, -0.2) is 27.5 Å². The number of carbonyl (C=O) groups is 1. The van der Waals surface area contributed by atoms with E-state index in [4.69, 9.17) is 9.16 Å². The van der Waals surface area contributed by atoms with Gasteiger partial charge < -0.3 is 9.16 Å². The molecule has 2 rings (SSSR count). The van der Waals surface area contributed by atoms with E-state index in [9.17, 15) is 4.79 Å². The number of hydrogen-bond donors (Lipinski definition) is 0. The van der Waals surface area contributed by atoms with Crippen LogP contribution in [0.4, 0.5) is 0 Å². The van der Waals surface area contributed by atoms with E-state index in [2.05, 4.69) is 82.0 Å². The van der Waals surface area contributed by atoms with Gasteiger partial charge in [-0.15, -0.1) is 0 Å². The third-order valence-corrected chi connectivity index (χ3v) is 10.4. The van der Waals surface area contributed by atoms with Gasteiger partial charge in [0.05, 0.1) is 13.2 Å². The van der Waals surface area contributed by atoms with E-state index < -0.39 is 8.32 Å². The van der Waals surface area contributed by atoms with Gasteiger partial charge in [-0.3, -0.25) is 4.79 Å². The first-order chi connectivity index (χ1) is 14.3. The molecule has 1 unspecified atom stereocenters. The molecule has 0 heterocycles. The molecule has 0 aliphatic carbocycles. The summed E-state index contributed by atoms with van der Waals surface area (Å²) in [5.74, 6) is -0.188. The molecule has 0 amide bonds. The maximum atomic E-state index is 11.6. The Kier molecular flexibility index (Phi) is 8.82. The number of ether oxygens (including phenoxy) is 1. The number of methoxy groups -OCH3 is 1. The van der Waals surface area contributed by atoms with E-state index in [0.29, 0.717) is 12.8 Å². The molecule has 0 aromatic heterocycles. The summed E-state index contributed by atoms with van der Waals surface area (Å²) >= 11 is 0. The highest BCUT2D eigenvalue weighted by molar-refractivity contribution is 6.99. The van der Waals surface area contributed by atoms with E-state index in [-0.39, 0.29) is 17.1 Å². The van der Waals surface area contributed by atoms with Crippen LogP contribution in [-0.2, 0) is 14.0 Å². The largest absolute Gasteiger partial charge is 0.469 e. The molecular formula is C26H34O3Si. The summed E-state index contributed by atoms with van der Waals surface area (Å²) in [5.41, 5.74) is 0. The first-order valence-corrected chi connectivity index (χ1v) is 12.4. The van der Waals surface area contributed by atoms with Crippen LogP contribution in [0.3, 0.4) is 0 Å². The van der Waals surface area contributed by atoms with Crippen molar-refractivity contribution in [2.75, 3.05) is 7.11 Å². The quantitative estimate of drug-likeness (QED) is 0.306. The van der Waals surface area contributed by atoms with Gasteiger partial charge >= 0.3 is 5.97 Å². The normalized spacial score (nSPS) is 13.2. The zero-order valence-corrected chi connectivity index (χ0v) is 19.6. The second-order valence-corrected chi connectivity index (χ2v) is 12.7. The Labute approximate surface area is 182 Å². The van der Waals surface area contributed by atoms with Gasteiger partial charge in [0.2, 0.25) is 0 Å². The summed E-state index contributed by atoms with van der Waals surface area (Å²) in [6.45, 7) is 10.6. The molecule has 4 heteroatoms. The molecule has 3 nitrogen and oxygen atoms in total. The molecule has 0 saturated carbocycles. The van der Waals surface area contributed by atoms with Crippen molar-refractivity contribution in [2.24, 2.45) is 0 Å². The van der Waals surface area contributed by atoms with Crippen LogP contribution >= 0.6 is 0 Å². The molecule has 0 fully saturated rings. The van der Waals surface area contributed by atoms with E-state index in [1.54, 1.807) is 6.08 Å². The molecule has 30 heavy (non-hydrogen) atoms. The highest BCUT2D eigenvalue weighted by Gasteiger charge is 2.51. The van der Waals surface area contributed by atoms with Crippen molar-refractivity contribution >= 4 is 24.7 Å². The Morgan fingerprint density at radius 1 is 1.03 bits per heavy atom. The van der Waals surface area contributed by atoms with Crippen LogP contribution in [0.25, 0.3) is 0 Å². The van der Waals surface area contributed by atoms with Crippen LogP contribution in [0.5, 0.6) is 0 Å². The van der Waals surface area contributed by atoms with Crippen molar-refractivity contribution < 1.29 is 14.0 Å². The second-order valence-electron chi connectivity index (χ2n) is 8.41. The molecule has 0 bridgehead atoms. The Bertz CT molecular complexity index is 783. The number of esters is 1. The Morgan fingerprint density at radius 3 is 2.00 bits per heavy atom. The lowest BCUT2D eigenvalue weighted by molar-refractivity contribution is -0.140. The first kappa shape index (κ1) is 23.8. The number of hydrogen-bond acceptors (Lipinski definition) is 3. The van der Waals surface area contributed by atoms with Crippen molar-refractivity contribution in [1.29, 1.82) is 0 Å². The van der Waals surface area contributed by atoms with Gasteiger partial charge in [0.25, 0.3) is 8.32 Å². The summed E-state index contributed by atoms with van der Waals surface area (Å²) in [6.07, 6.45) is 7.46. The lowest BCUT2D eigenvalue weighted by atomic mass is 10.1. The van der Waals surface area contributed by atoms with Crippen LogP contribution in [0, 0.1) is 0 Å². The molecule has 0 aliphatic heterocycles. The van der Waals surface area contributed by atoms with Gasteiger partial charge in [-0.1, -0.05) is 106 Å². The molecular weight excluding hydrogens is 388 g/mol. The molecule has 2 aromatic rings. The van der Waals surface area contributed by atoms with E-state index >= 15 is 0 Å². The lowest BCUT2D eigenvalue weighted by Crippen LogP contribution is -2.67. The maximum absolute atomic E-state index is 11.6. The zero-order valence-electron chi connectivity index (χ0n) is 18.6. The average molecular weight is 423 g/mol. The summed E-state index contributed by atoms with van der Waals surface area (Å²) in [5, 5.41) is 2.39. The van der Waals surface area contributed by atoms with Gasteiger partial charge in [0.15, 0.2) is 0 Å². The minimum absolute atomic E-state index is 0.0989. The third-order valence-electron chi connectivity index (χ3n) is 5.30. The van der Waals surface area contributed by atoms with Crippen molar-refractivity contribution in [3.05, 3.63) is 85.5 Å². The number of carbonyl (C=O) groups excluding carboxylic acids is 1. The Morgan fingerprint density at radius 2 is 1.57 bits per heavy atom. The molecule has 0 aliphatic rings. The first-order valence-electron chi connectivity index (χ1n) is 10.5. The summed E-state index contributed by atoms with van der Waals surface area (Å²) in [4.78, 5) is 11.6. The summed E-state index contributed by atoms with van der Waals surface area (Å²) in [7, 11) is -1.22. The van der Waals surface area contributed by atoms with Crippen LogP contribution in [0.1, 0.15) is 40.0 Å². The van der Waals surface area contributed by atoms with E-state index in [0.717, 1.165) is 6.42 Å². The van der Waals surface area contributed by atoms with E-state index in [1.807, 2.05) is 18.2 Å². The van der Waals surface area contributed by atoms with Gasteiger partial charge in [-0.25, -0.2) is 0 Å². The fourth-order valence-corrected chi connectivity index (χ4v) is 8.53. The van der Waals surface area contributed by atoms with Crippen molar-refractivity contribution in [3.8, 4) is 0 Å². The Hall–Kier alpha value is -2.43. The molecule has 1 atom stereocenters. The number of allylic oxidation sites excluding steroid dienone is 2. The van der Waals surface area contributed by atoms with Crippen molar-refractivity contribution in [3.63, 3.8) is 0 Å². The average Bonchev–Trinajstić information content (AvgIpc) is 2.75. The van der Waals surface area contributed by atoms with Gasteiger partial charge in [-0.05, 0) is 28.3 Å². The summed E-state index contributed by atoms with van der Waals surface area (Å²) < 4.78 is 11.9. The second kappa shape index (κ2) is 11.1. The smallest absolute Gasteiger partial charge is 0.305 e. The third kappa shape index (κ3) is 5.80. The van der Waals surface area contributed by atoms with Crippen molar-refractivity contribution in [2.45, 2.75) is 51.2 Å². The maximum Gasteiger partial charge on any atom is 0.305 e. The molecule has 0 saturated heterocycles. The predicted molar refractivity (Wildman–Crippen MR) is 128 cm³/mol. The van der Waals surface area contributed by atoms with Crippen LogP contribution < -0.4 is 10.4 Å². The lowest BCUT2D eigenvalue weighted by Gasteiger charge is -2.44. The molecule has 0 N–H and O–H groups in total. The van der Waals surface area contributed by atoms with Crippen molar-refractivity contribution in [1.82, 2.24) is 0 Å². The summed E-state index contributed by atoms with van der Waals surface area (Å²) in [6, 6.07) is 21.2. The molecule has 0 radical (unpaired) electrons. The highest BCUT2D eigenvalue weighted by atomic mass is 28.4. The standard InChI is InChI=1S/C26H34O3Si/c1-6-7-15-22(16-14-21-25(27)28-5)29-30(26(2,3)4,23-17-10-8-11-18-23)24-19-12-9-13-20-24/h6-13,15,17-20,22H,1,14,16,21H2,2-5H3/b15-7+. The Balaban J connectivity index is 2.52. The number of benzene rings is 2. The highest BCUT2D eigenvalue weighted by Crippen LogP contribution is 2.38. The molecule has 0 spiro atoms. The molecule has 160 valence electrons. The minimum atomic E-state index is -2.65. The van der Waals surface area contributed by atoms with Crippen LogP contribution in [0.15, 0.2) is 85.5 Å². The van der Waals surface area contributed by atoms with Gasteiger partial charge in [0, 0.05) is 6.42 Å². The fraction of sp³-hybridized carbons (Fsp3) is 0.346. The fourth-order valence-electron chi connectivity index (χ4n) is 3.86.